The summed E-state index contributed by atoms with van der Waals surface area (Å²) >= 11 is 0. The van der Waals surface area contributed by atoms with Crippen molar-refractivity contribution < 1.29 is 4.79 Å². The monoisotopic (exact) mass is 226 g/mol. The van der Waals surface area contributed by atoms with Gasteiger partial charge in [-0.05, 0) is 47.2 Å². The SMILES string of the molecule is CC(=O)CCCCN1CCN(C)C(C)(C)C1. The van der Waals surface area contributed by atoms with Gasteiger partial charge in [0.25, 0.3) is 0 Å². The number of likely N-dealkylation sites (N-methyl/N-ethyl adjacent to an activating group) is 1. The minimum Gasteiger partial charge on any atom is -0.300 e. The normalized spacial score (nSPS) is 22.2. The van der Waals surface area contributed by atoms with E-state index in [1.54, 1.807) is 6.92 Å². The van der Waals surface area contributed by atoms with Crippen LogP contribution in [0.2, 0.25) is 0 Å². The molecule has 0 aromatic carbocycles. The number of unbranched alkanes of at least 4 members (excludes halogenated alkanes) is 1. The number of carbonyl (C=O) groups excluding carboxylic acids is 1. The van der Waals surface area contributed by atoms with Gasteiger partial charge in [0.2, 0.25) is 0 Å². The molecule has 16 heavy (non-hydrogen) atoms. The topological polar surface area (TPSA) is 23.6 Å². The van der Waals surface area contributed by atoms with Crippen molar-refractivity contribution in [2.75, 3.05) is 33.2 Å². The average molecular weight is 226 g/mol. The van der Waals surface area contributed by atoms with Gasteiger partial charge >= 0.3 is 0 Å². The molecule has 0 spiro atoms. The zero-order valence-electron chi connectivity index (χ0n) is 11.3. The van der Waals surface area contributed by atoms with E-state index in [4.69, 9.17) is 0 Å². The first-order valence-corrected chi connectivity index (χ1v) is 6.35. The maximum atomic E-state index is 10.8. The molecule has 1 aliphatic rings. The Kier molecular flexibility index (Phi) is 4.93. The molecular weight excluding hydrogens is 200 g/mol. The number of nitrogens with zero attached hydrogens (tertiary/aromatic N) is 2. The second-order valence-electron chi connectivity index (χ2n) is 5.67. The Hall–Kier alpha value is -0.410. The summed E-state index contributed by atoms with van der Waals surface area (Å²) in [6, 6.07) is 0. The molecule has 0 saturated carbocycles. The van der Waals surface area contributed by atoms with Crippen LogP contribution in [0, 0.1) is 0 Å². The first-order chi connectivity index (χ1) is 7.42. The van der Waals surface area contributed by atoms with Gasteiger partial charge in [0.05, 0.1) is 0 Å². The van der Waals surface area contributed by atoms with Crippen LogP contribution in [-0.4, -0.2) is 54.3 Å². The highest BCUT2D eigenvalue weighted by molar-refractivity contribution is 5.75. The highest BCUT2D eigenvalue weighted by Crippen LogP contribution is 2.19. The molecule has 3 heteroatoms. The maximum absolute atomic E-state index is 10.8. The van der Waals surface area contributed by atoms with E-state index in [9.17, 15) is 4.79 Å². The molecule has 0 amide bonds. The molecule has 3 nitrogen and oxygen atoms in total. The molecular formula is C13H26N2O. The zero-order chi connectivity index (χ0) is 12.2. The van der Waals surface area contributed by atoms with Crippen molar-refractivity contribution in [3.63, 3.8) is 0 Å². The molecule has 1 aliphatic heterocycles. The molecule has 1 rings (SSSR count). The minimum absolute atomic E-state index is 0.291. The third-order valence-electron chi connectivity index (χ3n) is 3.65. The molecule has 0 aromatic rings. The van der Waals surface area contributed by atoms with Crippen LogP contribution in [0.4, 0.5) is 0 Å². The summed E-state index contributed by atoms with van der Waals surface area (Å²) in [4.78, 5) is 15.8. The lowest BCUT2D eigenvalue weighted by Crippen LogP contribution is -2.57. The van der Waals surface area contributed by atoms with E-state index < -0.39 is 0 Å². The smallest absolute Gasteiger partial charge is 0.129 e. The van der Waals surface area contributed by atoms with Crippen LogP contribution in [-0.2, 0) is 4.79 Å². The van der Waals surface area contributed by atoms with Gasteiger partial charge in [-0.1, -0.05) is 0 Å². The van der Waals surface area contributed by atoms with Gasteiger partial charge in [-0.15, -0.1) is 0 Å². The van der Waals surface area contributed by atoms with Crippen molar-refractivity contribution in [2.45, 2.75) is 45.6 Å². The van der Waals surface area contributed by atoms with Crippen LogP contribution >= 0.6 is 0 Å². The molecule has 1 saturated heterocycles. The Morgan fingerprint density at radius 3 is 2.50 bits per heavy atom. The fourth-order valence-corrected chi connectivity index (χ4v) is 2.24. The van der Waals surface area contributed by atoms with Gasteiger partial charge in [0, 0.05) is 31.6 Å². The molecule has 0 aliphatic carbocycles. The van der Waals surface area contributed by atoms with Crippen LogP contribution in [0.25, 0.3) is 0 Å². The second kappa shape index (κ2) is 5.78. The predicted molar refractivity (Wildman–Crippen MR) is 67.7 cm³/mol. The summed E-state index contributed by atoms with van der Waals surface area (Å²) in [5.74, 6) is 0.318. The van der Waals surface area contributed by atoms with E-state index in [1.165, 1.54) is 6.54 Å². The van der Waals surface area contributed by atoms with Crippen LogP contribution < -0.4 is 0 Å². The Morgan fingerprint density at radius 1 is 1.25 bits per heavy atom. The van der Waals surface area contributed by atoms with Gasteiger partial charge in [-0.3, -0.25) is 4.90 Å². The average Bonchev–Trinajstić information content (AvgIpc) is 2.17. The van der Waals surface area contributed by atoms with Crippen molar-refractivity contribution in [3.8, 4) is 0 Å². The van der Waals surface area contributed by atoms with Gasteiger partial charge in [0.1, 0.15) is 5.78 Å². The molecule has 0 atom stereocenters. The molecule has 94 valence electrons. The second-order valence-corrected chi connectivity index (χ2v) is 5.67. The lowest BCUT2D eigenvalue weighted by Gasteiger charge is -2.45. The van der Waals surface area contributed by atoms with E-state index in [0.29, 0.717) is 11.3 Å². The van der Waals surface area contributed by atoms with Gasteiger partial charge < -0.3 is 9.69 Å². The van der Waals surface area contributed by atoms with Crippen LogP contribution in [0.5, 0.6) is 0 Å². The summed E-state index contributed by atoms with van der Waals surface area (Å²) in [5.41, 5.74) is 0.291. The third-order valence-corrected chi connectivity index (χ3v) is 3.65. The number of Topliss-reactive ketones (excluding diaryl/α,β-unsaturated/α-hetero) is 1. The number of hydrogen-bond acceptors (Lipinski definition) is 3. The standard InChI is InChI=1S/C13H26N2O/c1-12(16)7-5-6-8-15-10-9-14(4)13(2,3)11-15/h5-11H2,1-4H3. The van der Waals surface area contributed by atoms with Crippen molar-refractivity contribution in [1.29, 1.82) is 0 Å². The Morgan fingerprint density at radius 2 is 1.94 bits per heavy atom. The highest BCUT2D eigenvalue weighted by Gasteiger charge is 2.30. The van der Waals surface area contributed by atoms with Gasteiger partial charge in [-0.2, -0.15) is 0 Å². The molecule has 0 aromatic heterocycles. The fourth-order valence-electron chi connectivity index (χ4n) is 2.24. The third kappa shape index (κ3) is 4.22. The summed E-state index contributed by atoms with van der Waals surface area (Å²) in [6.45, 7) is 10.9. The molecule has 0 unspecified atom stereocenters. The van der Waals surface area contributed by atoms with Crippen LogP contribution in [0.3, 0.4) is 0 Å². The Bertz CT molecular complexity index is 238. The number of rotatable bonds is 5. The lowest BCUT2D eigenvalue weighted by molar-refractivity contribution is -0.117. The molecule has 1 fully saturated rings. The van der Waals surface area contributed by atoms with Crippen molar-refractivity contribution in [1.82, 2.24) is 9.80 Å². The zero-order valence-corrected chi connectivity index (χ0v) is 11.3. The molecule has 0 bridgehead atoms. The number of piperazine rings is 1. The van der Waals surface area contributed by atoms with Crippen molar-refractivity contribution in [2.24, 2.45) is 0 Å². The van der Waals surface area contributed by atoms with E-state index in [0.717, 1.165) is 38.9 Å². The van der Waals surface area contributed by atoms with E-state index in [-0.39, 0.29) is 0 Å². The largest absolute Gasteiger partial charge is 0.300 e. The summed E-state index contributed by atoms with van der Waals surface area (Å²) in [7, 11) is 2.20. The van der Waals surface area contributed by atoms with Crippen molar-refractivity contribution in [3.05, 3.63) is 0 Å². The van der Waals surface area contributed by atoms with E-state index in [2.05, 4.69) is 30.7 Å². The highest BCUT2D eigenvalue weighted by atomic mass is 16.1. The summed E-state index contributed by atoms with van der Waals surface area (Å²) in [5, 5.41) is 0. The first kappa shape index (κ1) is 13.7. The lowest BCUT2D eigenvalue weighted by atomic mass is 9.99. The Balaban J connectivity index is 2.21. The number of carbonyl (C=O) groups is 1. The van der Waals surface area contributed by atoms with Crippen LogP contribution in [0.1, 0.15) is 40.0 Å². The maximum Gasteiger partial charge on any atom is 0.129 e. The summed E-state index contributed by atoms with van der Waals surface area (Å²) < 4.78 is 0. The molecule has 0 radical (unpaired) electrons. The summed E-state index contributed by atoms with van der Waals surface area (Å²) in [6.07, 6.45) is 2.94. The Labute approximate surface area is 99.8 Å². The van der Waals surface area contributed by atoms with Crippen molar-refractivity contribution >= 4 is 5.78 Å². The fraction of sp³-hybridized carbons (Fsp3) is 0.923. The quantitative estimate of drug-likeness (QED) is 0.668. The number of hydrogen-bond donors (Lipinski definition) is 0. The predicted octanol–water partition coefficient (Wildman–Crippen LogP) is 1.77. The molecule has 0 N–H and O–H groups in total. The van der Waals surface area contributed by atoms with Gasteiger partial charge in [-0.25, -0.2) is 0 Å². The van der Waals surface area contributed by atoms with Crippen LogP contribution in [0.15, 0.2) is 0 Å². The first-order valence-electron chi connectivity index (χ1n) is 6.35. The van der Waals surface area contributed by atoms with Gasteiger partial charge in [0.15, 0.2) is 0 Å². The van der Waals surface area contributed by atoms with E-state index >= 15 is 0 Å². The number of ketones is 1. The minimum atomic E-state index is 0.291. The molecule has 1 heterocycles. The van der Waals surface area contributed by atoms with E-state index in [1.807, 2.05) is 0 Å².